The monoisotopic (exact) mass is 317 g/mol. The van der Waals surface area contributed by atoms with Crippen molar-refractivity contribution in [1.29, 1.82) is 0 Å². The Balaban J connectivity index is 1.84. The Hall–Kier alpha value is -2.74. The first-order valence-electron chi connectivity index (χ1n) is 8.37. The number of nitrogens with two attached hydrogens (primary N) is 1. The molecule has 0 saturated carbocycles. The number of aryl methyl sites for hydroxylation is 1. The lowest BCUT2D eigenvalue weighted by Crippen LogP contribution is -1.97. The molecule has 0 unspecified atom stereocenters. The molecular formula is C22H23NO. The Bertz CT molecular complexity index is 804. The number of ether oxygens (including phenoxy) is 1. The Morgan fingerprint density at radius 3 is 1.96 bits per heavy atom. The van der Waals surface area contributed by atoms with Crippen LogP contribution in [-0.2, 0) is 0 Å². The summed E-state index contributed by atoms with van der Waals surface area (Å²) in [6.45, 7) is 4.90. The van der Waals surface area contributed by atoms with Crippen LogP contribution in [0.1, 0.15) is 18.9 Å². The second-order valence-electron chi connectivity index (χ2n) is 6.04. The Kier molecular flexibility index (Phi) is 4.85. The molecule has 2 nitrogen and oxygen atoms in total. The fourth-order valence-electron chi connectivity index (χ4n) is 2.70. The molecule has 3 rings (SSSR count). The third kappa shape index (κ3) is 3.60. The molecule has 0 aliphatic heterocycles. The highest BCUT2D eigenvalue weighted by Crippen LogP contribution is 2.31. The van der Waals surface area contributed by atoms with Gasteiger partial charge in [0.2, 0.25) is 0 Å². The second-order valence-corrected chi connectivity index (χ2v) is 6.04. The number of anilines is 1. The summed E-state index contributed by atoms with van der Waals surface area (Å²) in [4.78, 5) is 0. The first-order valence-corrected chi connectivity index (χ1v) is 8.37. The van der Waals surface area contributed by atoms with E-state index in [4.69, 9.17) is 10.5 Å². The summed E-state index contributed by atoms with van der Waals surface area (Å²) in [6, 6.07) is 23.0. The highest BCUT2D eigenvalue weighted by atomic mass is 16.5. The van der Waals surface area contributed by atoms with E-state index in [0.29, 0.717) is 6.61 Å². The van der Waals surface area contributed by atoms with Crippen molar-refractivity contribution in [1.82, 2.24) is 0 Å². The molecule has 0 aliphatic rings. The molecule has 0 atom stereocenters. The van der Waals surface area contributed by atoms with Crippen molar-refractivity contribution in [2.75, 3.05) is 12.3 Å². The molecule has 2 N–H and O–H groups in total. The van der Waals surface area contributed by atoms with E-state index >= 15 is 0 Å². The summed E-state index contributed by atoms with van der Waals surface area (Å²) in [5.74, 6) is 0.828. The third-order valence-corrected chi connectivity index (χ3v) is 4.08. The molecule has 0 fully saturated rings. The zero-order valence-corrected chi connectivity index (χ0v) is 14.3. The smallest absolute Gasteiger partial charge is 0.121 e. The number of hydrogen-bond acceptors (Lipinski definition) is 2. The summed E-state index contributed by atoms with van der Waals surface area (Å²) in [6.07, 6.45) is 0.988. The fourth-order valence-corrected chi connectivity index (χ4v) is 2.70. The minimum absolute atomic E-state index is 0.712. The van der Waals surface area contributed by atoms with Crippen molar-refractivity contribution < 1.29 is 4.74 Å². The van der Waals surface area contributed by atoms with Crippen molar-refractivity contribution in [2.24, 2.45) is 0 Å². The van der Waals surface area contributed by atoms with E-state index in [2.05, 4.69) is 62.4 Å². The van der Waals surface area contributed by atoms with Gasteiger partial charge in [-0.25, -0.2) is 0 Å². The van der Waals surface area contributed by atoms with Crippen LogP contribution in [0.2, 0.25) is 0 Å². The standard InChI is InChI=1S/C22H23NO/c1-3-14-24-20-12-13-21(22(23)15-20)19-10-8-18(9-11-19)17-6-4-16(2)5-7-17/h4-13,15H,3,14,23H2,1-2H3. The van der Waals surface area contributed by atoms with Crippen molar-refractivity contribution in [3.8, 4) is 28.0 Å². The van der Waals surface area contributed by atoms with Gasteiger partial charge in [0.1, 0.15) is 5.75 Å². The second kappa shape index (κ2) is 7.22. The average molecular weight is 317 g/mol. The van der Waals surface area contributed by atoms with E-state index in [0.717, 1.165) is 29.0 Å². The maximum absolute atomic E-state index is 6.21. The van der Waals surface area contributed by atoms with Gasteiger partial charge in [-0.05, 0) is 42.2 Å². The molecule has 0 radical (unpaired) electrons. The van der Waals surface area contributed by atoms with Crippen LogP contribution >= 0.6 is 0 Å². The van der Waals surface area contributed by atoms with E-state index in [1.54, 1.807) is 0 Å². The van der Waals surface area contributed by atoms with Crippen LogP contribution in [0.3, 0.4) is 0 Å². The minimum Gasteiger partial charge on any atom is -0.494 e. The lowest BCUT2D eigenvalue weighted by atomic mass is 9.99. The Morgan fingerprint density at radius 1 is 0.792 bits per heavy atom. The molecule has 0 aliphatic carbocycles. The molecular weight excluding hydrogens is 294 g/mol. The lowest BCUT2D eigenvalue weighted by Gasteiger charge is -2.10. The molecule has 0 aromatic heterocycles. The zero-order valence-electron chi connectivity index (χ0n) is 14.3. The number of nitrogen functional groups attached to an aromatic ring is 1. The van der Waals surface area contributed by atoms with Gasteiger partial charge in [0.15, 0.2) is 0 Å². The number of hydrogen-bond donors (Lipinski definition) is 1. The summed E-state index contributed by atoms with van der Waals surface area (Å²) >= 11 is 0. The SMILES string of the molecule is CCCOc1ccc(-c2ccc(-c3ccc(C)cc3)cc2)c(N)c1. The highest BCUT2D eigenvalue weighted by molar-refractivity contribution is 5.79. The van der Waals surface area contributed by atoms with Crippen LogP contribution in [0, 0.1) is 6.92 Å². The predicted molar refractivity (Wildman–Crippen MR) is 102 cm³/mol. The van der Waals surface area contributed by atoms with E-state index in [1.165, 1.54) is 16.7 Å². The normalized spacial score (nSPS) is 10.6. The largest absolute Gasteiger partial charge is 0.494 e. The Labute approximate surface area is 143 Å². The third-order valence-electron chi connectivity index (χ3n) is 4.08. The van der Waals surface area contributed by atoms with Crippen molar-refractivity contribution >= 4 is 5.69 Å². The first-order chi connectivity index (χ1) is 11.7. The average Bonchev–Trinajstić information content (AvgIpc) is 2.61. The molecule has 3 aromatic rings. The van der Waals surface area contributed by atoms with E-state index in [9.17, 15) is 0 Å². The van der Waals surface area contributed by atoms with Crippen molar-refractivity contribution in [3.05, 3.63) is 72.3 Å². The van der Waals surface area contributed by atoms with Crippen LogP contribution in [0.15, 0.2) is 66.7 Å². The summed E-state index contributed by atoms with van der Waals surface area (Å²) in [5, 5.41) is 0. The van der Waals surface area contributed by atoms with Crippen molar-refractivity contribution in [2.45, 2.75) is 20.3 Å². The molecule has 0 amide bonds. The molecule has 0 heterocycles. The van der Waals surface area contributed by atoms with Crippen LogP contribution in [-0.4, -0.2) is 6.61 Å². The van der Waals surface area contributed by atoms with E-state index in [-0.39, 0.29) is 0 Å². The van der Waals surface area contributed by atoms with Crippen LogP contribution in [0.4, 0.5) is 5.69 Å². The van der Waals surface area contributed by atoms with Gasteiger partial charge in [-0.15, -0.1) is 0 Å². The molecule has 2 heteroatoms. The molecule has 24 heavy (non-hydrogen) atoms. The fraction of sp³-hybridized carbons (Fsp3) is 0.182. The summed E-state index contributed by atoms with van der Waals surface area (Å²) in [7, 11) is 0. The summed E-state index contributed by atoms with van der Waals surface area (Å²) < 4.78 is 5.63. The summed E-state index contributed by atoms with van der Waals surface area (Å²) in [5.41, 5.74) is 12.8. The van der Waals surface area contributed by atoms with E-state index < -0.39 is 0 Å². The van der Waals surface area contributed by atoms with Crippen molar-refractivity contribution in [3.63, 3.8) is 0 Å². The molecule has 0 saturated heterocycles. The zero-order chi connectivity index (χ0) is 16.9. The van der Waals surface area contributed by atoms with Crippen LogP contribution in [0.25, 0.3) is 22.3 Å². The van der Waals surface area contributed by atoms with Gasteiger partial charge in [0.25, 0.3) is 0 Å². The highest BCUT2D eigenvalue weighted by Gasteiger charge is 2.05. The van der Waals surface area contributed by atoms with Gasteiger partial charge in [-0.1, -0.05) is 61.0 Å². The molecule has 0 bridgehead atoms. The van der Waals surface area contributed by atoms with Gasteiger partial charge in [-0.2, -0.15) is 0 Å². The Morgan fingerprint density at radius 2 is 1.38 bits per heavy atom. The van der Waals surface area contributed by atoms with Gasteiger partial charge >= 0.3 is 0 Å². The van der Waals surface area contributed by atoms with Crippen LogP contribution in [0.5, 0.6) is 5.75 Å². The quantitative estimate of drug-likeness (QED) is 0.613. The van der Waals surface area contributed by atoms with E-state index in [1.807, 2.05) is 18.2 Å². The predicted octanol–water partition coefficient (Wildman–Crippen LogP) is 5.70. The van der Waals surface area contributed by atoms with Crippen LogP contribution < -0.4 is 10.5 Å². The minimum atomic E-state index is 0.712. The first kappa shape index (κ1) is 16.1. The topological polar surface area (TPSA) is 35.2 Å². The van der Waals surface area contributed by atoms with Gasteiger partial charge < -0.3 is 10.5 Å². The van der Waals surface area contributed by atoms with Gasteiger partial charge in [0.05, 0.1) is 6.61 Å². The van der Waals surface area contributed by atoms with Gasteiger partial charge in [-0.3, -0.25) is 0 Å². The maximum atomic E-state index is 6.21. The molecule has 122 valence electrons. The lowest BCUT2D eigenvalue weighted by molar-refractivity contribution is 0.317. The molecule has 0 spiro atoms. The van der Waals surface area contributed by atoms with Gasteiger partial charge in [0, 0.05) is 17.3 Å². The number of rotatable bonds is 5. The number of benzene rings is 3. The molecule has 3 aromatic carbocycles. The maximum Gasteiger partial charge on any atom is 0.121 e.